The van der Waals surface area contributed by atoms with E-state index in [1.165, 1.54) is 6.07 Å². The normalized spacial score (nSPS) is 12.7. The van der Waals surface area contributed by atoms with Gasteiger partial charge in [0.1, 0.15) is 0 Å². The van der Waals surface area contributed by atoms with Crippen molar-refractivity contribution in [2.45, 2.75) is 35.3 Å². The molecular weight excluding hydrogens is 296 g/mol. The van der Waals surface area contributed by atoms with Gasteiger partial charge in [0, 0.05) is 6.42 Å². The molecule has 0 saturated heterocycles. The summed E-state index contributed by atoms with van der Waals surface area (Å²) in [6, 6.07) is 1.47. The summed E-state index contributed by atoms with van der Waals surface area (Å²) in [6.45, 7) is 1.83. The van der Waals surface area contributed by atoms with Crippen LogP contribution in [-0.2, 0) is 0 Å². The van der Waals surface area contributed by atoms with Crippen molar-refractivity contribution in [3.05, 3.63) is 0 Å². The monoisotopic (exact) mass is 303 g/mol. The highest BCUT2D eigenvalue weighted by Gasteiger charge is 2.50. The summed E-state index contributed by atoms with van der Waals surface area (Å²) >= 11 is 5.28. The van der Waals surface area contributed by atoms with Crippen molar-refractivity contribution in [2.75, 3.05) is 0 Å². The first kappa shape index (κ1) is 12.3. The maximum atomic E-state index is 13.1. The fraction of sp³-hybridized carbons (Fsp3) is 0.857. The average Bonchev–Trinajstić information content (AvgIpc) is 2.00. The minimum Gasteiger partial charge on any atom is -0.203 e. The highest BCUT2D eigenvalue weighted by Crippen LogP contribution is 2.44. The number of unbranched alkanes of at least 4 members (excludes halogenated alkanes) is 1. The minimum absolute atomic E-state index is 0.284. The van der Waals surface area contributed by atoms with E-state index in [-0.39, 0.29) is 6.42 Å². The Morgan fingerprint density at radius 2 is 1.92 bits per heavy atom. The molecule has 0 atom stereocenters. The topological polar surface area (TPSA) is 23.8 Å². The standard InChI is InChI=1S/C7H9Br2F2N/c1-2-3-4-7(10,11)6(8,9)5-12/h2-4H2,1H3. The minimum atomic E-state index is -3.03. The molecule has 0 spiro atoms. The van der Waals surface area contributed by atoms with Crippen LogP contribution in [0.25, 0.3) is 0 Å². The fourth-order valence-corrected chi connectivity index (χ4v) is 1.03. The van der Waals surface area contributed by atoms with Crippen LogP contribution in [-0.4, -0.2) is 9.16 Å². The van der Waals surface area contributed by atoms with Crippen molar-refractivity contribution in [1.29, 1.82) is 5.26 Å². The molecule has 0 heterocycles. The molecule has 0 saturated carbocycles. The Bertz CT molecular complexity index is 186. The molecule has 1 nitrogen and oxygen atoms in total. The average molecular weight is 305 g/mol. The Balaban J connectivity index is 4.30. The summed E-state index contributed by atoms with van der Waals surface area (Å²) in [6.07, 6.45) is 0.818. The molecule has 0 aliphatic carbocycles. The quantitative estimate of drug-likeness (QED) is 0.724. The van der Waals surface area contributed by atoms with Crippen molar-refractivity contribution in [3.8, 4) is 6.07 Å². The first-order valence-electron chi connectivity index (χ1n) is 3.54. The van der Waals surface area contributed by atoms with Crippen LogP contribution in [0, 0.1) is 11.3 Å². The Hall–Kier alpha value is 0.310. The number of hydrogen-bond donors (Lipinski definition) is 0. The van der Waals surface area contributed by atoms with Gasteiger partial charge in [-0.3, -0.25) is 0 Å². The number of alkyl halides is 4. The molecule has 0 N–H and O–H groups in total. The summed E-state index contributed by atoms with van der Waals surface area (Å²) in [7, 11) is 0. The van der Waals surface area contributed by atoms with Crippen molar-refractivity contribution in [1.82, 2.24) is 0 Å². The number of nitrogens with zero attached hydrogens (tertiary/aromatic N) is 1. The Morgan fingerprint density at radius 3 is 2.25 bits per heavy atom. The molecule has 70 valence electrons. The van der Waals surface area contributed by atoms with E-state index in [2.05, 4.69) is 31.9 Å². The zero-order valence-corrected chi connectivity index (χ0v) is 9.75. The van der Waals surface area contributed by atoms with Crippen molar-refractivity contribution >= 4 is 31.9 Å². The van der Waals surface area contributed by atoms with E-state index in [4.69, 9.17) is 5.26 Å². The smallest absolute Gasteiger partial charge is 0.203 e. The molecule has 0 aromatic heterocycles. The number of nitriles is 1. The molecule has 0 aromatic carbocycles. The Morgan fingerprint density at radius 1 is 1.42 bits per heavy atom. The lowest BCUT2D eigenvalue weighted by atomic mass is 10.1. The predicted octanol–water partition coefficient (Wildman–Crippen LogP) is 3.82. The maximum absolute atomic E-state index is 13.1. The van der Waals surface area contributed by atoms with Gasteiger partial charge >= 0.3 is 0 Å². The number of hydrogen-bond acceptors (Lipinski definition) is 1. The van der Waals surface area contributed by atoms with Crippen LogP contribution in [0.5, 0.6) is 0 Å². The maximum Gasteiger partial charge on any atom is 0.285 e. The van der Waals surface area contributed by atoms with E-state index < -0.39 is 9.16 Å². The van der Waals surface area contributed by atoms with Crippen LogP contribution in [0.15, 0.2) is 0 Å². The SMILES string of the molecule is CCCCC(F)(F)C(Br)(Br)C#N. The zero-order chi connectivity index (χ0) is 9.83. The van der Waals surface area contributed by atoms with Crippen molar-refractivity contribution in [3.63, 3.8) is 0 Å². The van der Waals surface area contributed by atoms with Gasteiger partial charge in [0.2, 0.25) is 3.23 Å². The van der Waals surface area contributed by atoms with Crippen LogP contribution >= 0.6 is 31.9 Å². The molecule has 0 aromatic rings. The summed E-state index contributed by atoms with van der Waals surface area (Å²) < 4.78 is 24.2. The van der Waals surface area contributed by atoms with Gasteiger partial charge in [-0.2, -0.15) is 5.26 Å². The van der Waals surface area contributed by atoms with E-state index in [1.807, 2.05) is 6.92 Å². The molecule has 12 heavy (non-hydrogen) atoms. The third-order valence-corrected chi connectivity index (χ3v) is 2.96. The van der Waals surface area contributed by atoms with E-state index in [0.29, 0.717) is 12.8 Å². The van der Waals surface area contributed by atoms with Gasteiger partial charge in [0.05, 0.1) is 6.07 Å². The van der Waals surface area contributed by atoms with E-state index in [0.717, 1.165) is 0 Å². The second kappa shape index (κ2) is 4.52. The molecule has 0 amide bonds. The highest BCUT2D eigenvalue weighted by molar-refractivity contribution is 9.25. The van der Waals surface area contributed by atoms with Crippen LogP contribution in [0.3, 0.4) is 0 Å². The van der Waals surface area contributed by atoms with Crippen LogP contribution in [0.1, 0.15) is 26.2 Å². The van der Waals surface area contributed by atoms with Gasteiger partial charge < -0.3 is 0 Å². The molecule has 0 unspecified atom stereocenters. The summed E-state index contributed by atoms with van der Waals surface area (Å²) in [5.74, 6) is -3.03. The Kier molecular flexibility index (Phi) is 4.64. The molecule has 0 rings (SSSR count). The second-order valence-corrected chi connectivity index (χ2v) is 5.94. The summed E-state index contributed by atoms with van der Waals surface area (Å²) in [5.41, 5.74) is 0. The van der Waals surface area contributed by atoms with Crippen molar-refractivity contribution < 1.29 is 8.78 Å². The van der Waals surface area contributed by atoms with Crippen LogP contribution in [0.4, 0.5) is 8.78 Å². The highest BCUT2D eigenvalue weighted by atomic mass is 79.9. The van der Waals surface area contributed by atoms with Gasteiger partial charge in [-0.15, -0.1) is 0 Å². The molecular formula is C7H9Br2F2N. The fourth-order valence-electron chi connectivity index (χ4n) is 0.638. The summed E-state index contributed by atoms with van der Waals surface area (Å²) in [4.78, 5) is 0. The van der Waals surface area contributed by atoms with E-state index in [9.17, 15) is 8.78 Å². The van der Waals surface area contributed by atoms with Crippen molar-refractivity contribution in [2.24, 2.45) is 0 Å². The summed E-state index contributed by atoms with van der Waals surface area (Å²) in [5, 5.41) is 8.41. The van der Waals surface area contributed by atoms with Crippen LogP contribution in [0.2, 0.25) is 0 Å². The second-order valence-electron chi connectivity index (χ2n) is 2.49. The van der Waals surface area contributed by atoms with E-state index >= 15 is 0 Å². The first-order chi connectivity index (χ1) is 5.37. The predicted molar refractivity (Wildman–Crippen MR) is 50.7 cm³/mol. The third kappa shape index (κ3) is 2.98. The van der Waals surface area contributed by atoms with Gasteiger partial charge in [-0.05, 0) is 38.3 Å². The van der Waals surface area contributed by atoms with Crippen LogP contribution < -0.4 is 0 Å². The van der Waals surface area contributed by atoms with Gasteiger partial charge in [0.25, 0.3) is 5.92 Å². The molecule has 0 aliphatic rings. The van der Waals surface area contributed by atoms with Gasteiger partial charge in [-0.25, -0.2) is 8.78 Å². The lowest BCUT2D eigenvalue weighted by Crippen LogP contribution is -2.35. The van der Waals surface area contributed by atoms with Gasteiger partial charge in [-0.1, -0.05) is 13.3 Å². The molecule has 5 heteroatoms. The van der Waals surface area contributed by atoms with Gasteiger partial charge in [0.15, 0.2) is 0 Å². The Labute approximate surface area is 87.4 Å². The molecule has 0 radical (unpaired) electrons. The molecule has 0 fully saturated rings. The van der Waals surface area contributed by atoms with E-state index in [1.54, 1.807) is 0 Å². The lowest BCUT2D eigenvalue weighted by Gasteiger charge is -2.23. The third-order valence-electron chi connectivity index (χ3n) is 1.44. The molecule has 0 bridgehead atoms. The first-order valence-corrected chi connectivity index (χ1v) is 5.13. The molecule has 0 aliphatic heterocycles. The number of halogens is 4. The lowest BCUT2D eigenvalue weighted by molar-refractivity contribution is -0.00443. The number of rotatable bonds is 4. The largest absolute Gasteiger partial charge is 0.285 e. The zero-order valence-electron chi connectivity index (χ0n) is 6.58.